The van der Waals surface area contributed by atoms with Crippen LogP contribution >= 0.6 is 0 Å². The number of carbonyl (C=O) groups excluding carboxylic acids is 1. The van der Waals surface area contributed by atoms with Gasteiger partial charge in [-0.15, -0.1) is 0 Å². The van der Waals surface area contributed by atoms with Gasteiger partial charge in [-0.2, -0.15) is 0 Å². The zero-order valence-corrected chi connectivity index (χ0v) is 9.60. The van der Waals surface area contributed by atoms with Crippen molar-refractivity contribution in [2.45, 2.75) is 18.9 Å². The van der Waals surface area contributed by atoms with E-state index in [-0.39, 0.29) is 5.91 Å². The lowest BCUT2D eigenvalue weighted by Gasteiger charge is -2.41. The summed E-state index contributed by atoms with van der Waals surface area (Å²) in [5.41, 5.74) is 6.83. The van der Waals surface area contributed by atoms with Crippen molar-refractivity contribution in [1.29, 1.82) is 0 Å². The molecule has 88 valence electrons. The van der Waals surface area contributed by atoms with Crippen LogP contribution in [0, 0.1) is 11.8 Å². The van der Waals surface area contributed by atoms with Gasteiger partial charge in [0.2, 0.25) is 5.91 Å². The van der Waals surface area contributed by atoms with Crippen LogP contribution in [-0.2, 0) is 0 Å². The van der Waals surface area contributed by atoms with E-state index in [2.05, 4.69) is 17.5 Å². The molecule has 1 fully saturated rings. The van der Waals surface area contributed by atoms with Gasteiger partial charge in [0.25, 0.3) is 0 Å². The minimum atomic E-state index is -0.376. The first-order chi connectivity index (χ1) is 8.24. The molecule has 17 heavy (non-hydrogen) atoms. The lowest BCUT2D eigenvalue weighted by atomic mass is 9.71. The van der Waals surface area contributed by atoms with Crippen LogP contribution in [0.2, 0.25) is 0 Å². The Hall–Kier alpha value is -1.77. The predicted octanol–water partition coefficient (Wildman–Crippen LogP) is 2.16. The number of carbonyl (C=O) groups is 1. The van der Waals surface area contributed by atoms with Crippen LogP contribution in [0.1, 0.15) is 23.2 Å². The van der Waals surface area contributed by atoms with Crippen molar-refractivity contribution in [2.24, 2.45) is 17.6 Å². The molecule has 3 N–H and O–H groups in total. The second-order valence-electron chi connectivity index (χ2n) is 4.93. The molecular formula is C14H16N2O. The van der Waals surface area contributed by atoms with Crippen molar-refractivity contribution in [3.63, 3.8) is 0 Å². The maximum atomic E-state index is 10.9. The largest absolute Gasteiger partial charge is 0.382 e. The van der Waals surface area contributed by atoms with E-state index in [4.69, 9.17) is 5.73 Å². The van der Waals surface area contributed by atoms with Gasteiger partial charge < -0.3 is 11.1 Å². The van der Waals surface area contributed by atoms with Gasteiger partial charge in [-0.05, 0) is 43.0 Å². The summed E-state index contributed by atoms with van der Waals surface area (Å²) < 4.78 is 0. The van der Waals surface area contributed by atoms with Crippen molar-refractivity contribution < 1.29 is 4.79 Å². The molecule has 3 unspecified atom stereocenters. The van der Waals surface area contributed by atoms with E-state index in [0.29, 0.717) is 17.5 Å². The summed E-state index contributed by atoms with van der Waals surface area (Å²) in [6.45, 7) is 0. The lowest BCUT2D eigenvalue weighted by molar-refractivity contribution is 0.100. The summed E-state index contributed by atoms with van der Waals surface area (Å²) in [6.07, 6.45) is 7.09. The Morgan fingerprint density at radius 3 is 2.71 bits per heavy atom. The minimum Gasteiger partial charge on any atom is -0.382 e. The fourth-order valence-electron chi connectivity index (χ4n) is 2.83. The molecule has 0 spiro atoms. The third-order valence-electron chi connectivity index (χ3n) is 3.88. The van der Waals surface area contributed by atoms with Gasteiger partial charge in [0.05, 0.1) is 0 Å². The molecular weight excluding hydrogens is 212 g/mol. The molecule has 3 rings (SSSR count). The molecule has 0 heterocycles. The molecule has 0 bridgehead atoms. The molecule has 3 atom stereocenters. The first-order valence-corrected chi connectivity index (χ1v) is 6.07. The molecule has 1 amide bonds. The number of hydrogen-bond donors (Lipinski definition) is 2. The lowest BCUT2D eigenvalue weighted by Crippen LogP contribution is -2.43. The molecule has 1 aromatic rings. The first kappa shape index (κ1) is 10.4. The Morgan fingerprint density at radius 1 is 1.29 bits per heavy atom. The van der Waals surface area contributed by atoms with Gasteiger partial charge in [-0.3, -0.25) is 4.79 Å². The molecule has 2 aliphatic carbocycles. The van der Waals surface area contributed by atoms with Crippen LogP contribution in [0.5, 0.6) is 0 Å². The number of nitrogens with two attached hydrogens (primary N) is 1. The molecule has 1 aromatic carbocycles. The van der Waals surface area contributed by atoms with Crippen LogP contribution in [0.15, 0.2) is 36.4 Å². The number of primary amides is 1. The Balaban J connectivity index is 1.65. The third kappa shape index (κ3) is 1.82. The average Bonchev–Trinajstić information content (AvgIpc) is 2.68. The summed E-state index contributed by atoms with van der Waals surface area (Å²) in [7, 11) is 0. The monoisotopic (exact) mass is 228 g/mol. The van der Waals surface area contributed by atoms with Crippen molar-refractivity contribution in [1.82, 2.24) is 0 Å². The second-order valence-corrected chi connectivity index (χ2v) is 4.93. The number of amides is 1. The van der Waals surface area contributed by atoms with E-state index in [9.17, 15) is 4.79 Å². The second kappa shape index (κ2) is 3.91. The highest BCUT2D eigenvalue weighted by molar-refractivity contribution is 5.93. The molecule has 0 aliphatic heterocycles. The molecule has 0 aromatic heterocycles. The highest BCUT2D eigenvalue weighted by Crippen LogP contribution is 2.43. The van der Waals surface area contributed by atoms with Crippen molar-refractivity contribution in [3.05, 3.63) is 42.0 Å². The van der Waals surface area contributed by atoms with E-state index in [0.717, 1.165) is 11.6 Å². The van der Waals surface area contributed by atoms with E-state index in [1.165, 1.54) is 12.8 Å². The maximum absolute atomic E-state index is 10.9. The Bertz CT molecular complexity index is 464. The van der Waals surface area contributed by atoms with Crippen molar-refractivity contribution in [2.75, 3.05) is 5.32 Å². The van der Waals surface area contributed by atoms with Crippen molar-refractivity contribution >= 4 is 11.6 Å². The van der Waals surface area contributed by atoms with Crippen LogP contribution in [-0.4, -0.2) is 11.9 Å². The number of hydrogen-bond acceptors (Lipinski definition) is 2. The highest BCUT2D eigenvalue weighted by Gasteiger charge is 2.40. The number of fused-ring (bicyclic) bond motifs is 1. The summed E-state index contributed by atoms with van der Waals surface area (Å²) in [5, 5.41) is 3.51. The number of allylic oxidation sites excluding steroid dienone is 1. The van der Waals surface area contributed by atoms with Crippen LogP contribution in [0.3, 0.4) is 0 Å². The van der Waals surface area contributed by atoms with Crippen LogP contribution in [0.25, 0.3) is 0 Å². The minimum absolute atomic E-state index is 0.376. The van der Waals surface area contributed by atoms with Crippen LogP contribution in [0.4, 0.5) is 5.69 Å². The van der Waals surface area contributed by atoms with Gasteiger partial charge >= 0.3 is 0 Å². The zero-order chi connectivity index (χ0) is 11.8. The number of benzene rings is 1. The molecule has 3 nitrogen and oxygen atoms in total. The normalized spacial score (nSPS) is 29.5. The first-order valence-electron chi connectivity index (χ1n) is 6.07. The van der Waals surface area contributed by atoms with Crippen LogP contribution < -0.4 is 11.1 Å². The average molecular weight is 228 g/mol. The zero-order valence-electron chi connectivity index (χ0n) is 9.60. The number of anilines is 1. The molecule has 0 radical (unpaired) electrons. The Kier molecular flexibility index (Phi) is 2.39. The standard InChI is InChI=1S/C14H16N2O/c15-14(17)9-4-6-11(7-5-9)16-13-8-10-2-1-3-12(10)13/h1,3-7,10,12-13,16H,2,8H2,(H2,15,17). The van der Waals surface area contributed by atoms with Gasteiger partial charge in [0.1, 0.15) is 0 Å². The maximum Gasteiger partial charge on any atom is 0.248 e. The molecule has 1 saturated carbocycles. The number of nitrogens with one attached hydrogen (secondary N) is 1. The van der Waals surface area contributed by atoms with Gasteiger partial charge in [0, 0.05) is 23.2 Å². The highest BCUT2D eigenvalue weighted by atomic mass is 16.1. The SMILES string of the molecule is NC(=O)c1ccc(NC2CC3CC=CC32)cc1. The summed E-state index contributed by atoms with van der Waals surface area (Å²) in [4.78, 5) is 10.9. The Labute approximate surface area is 101 Å². The summed E-state index contributed by atoms with van der Waals surface area (Å²) >= 11 is 0. The fourth-order valence-corrected chi connectivity index (χ4v) is 2.83. The van der Waals surface area contributed by atoms with Gasteiger partial charge in [-0.25, -0.2) is 0 Å². The van der Waals surface area contributed by atoms with E-state index < -0.39 is 0 Å². The molecule has 2 aliphatic rings. The molecule has 0 saturated heterocycles. The Morgan fingerprint density at radius 2 is 2.06 bits per heavy atom. The van der Waals surface area contributed by atoms with Gasteiger partial charge in [0.15, 0.2) is 0 Å². The van der Waals surface area contributed by atoms with E-state index in [1.807, 2.05) is 12.1 Å². The predicted molar refractivity (Wildman–Crippen MR) is 67.7 cm³/mol. The topological polar surface area (TPSA) is 55.1 Å². The summed E-state index contributed by atoms with van der Waals surface area (Å²) in [5.74, 6) is 1.18. The van der Waals surface area contributed by atoms with Crippen molar-refractivity contribution in [3.8, 4) is 0 Å². The third-order valence-corrected chi connectivity index (χ3v) is 3.88. The van der Waals surface area contributed by atoms with Gasteiger partial charge in [-0.1, -0.05) is 12.2 Å². The van der Waals surface area contributed by atoms with E-state index in [1.54, 1.807) is 12.1 Å². The molecule has 3 heteroatoms. The quantitative estimate of drug-likeness (QED) is 0.779. The fraction of sp³-hybridized carbons (Fsp3) is 0.357. The van der Waals surface area contributed by atoms with E-state index >= 15 is 0 Å². The summed E-state index contributed by atoms with van der Waals surface area (Å²) in [6, 6.07) is 7.94. The smallest absolute Gasteiger partial charge is 0.248 e. The number of rotatable bonds is 3.